The number of rotatable bonds is 4. The number of methoxy groups -OCH3 is 1. The van der Waals surface area contributed by atoms with Gasteiger partial charge in [-0.25, -0.2) is 13.6 Å². The fraction of sp³-hybridized carbons (Fsp3) is 0.188. The highest BCUT2D eigenvalue weighted by Gasteiger charge is 2.29. The highest BCUT2D eigenvalue weighted by Crippen LogP contribution is 2.33. The number of nitrogens with zero attached hydrogens (tertiary/aromatic N) is 2. The standard InChI is InChI=1S/C16H15N3O6S/c1-25-12-3-4-13-10(8-12)6-7-18(13)16(20)11-2-5-15(26(17,23)24)14(9-11)19(21)22/h2-5,8-9H,6-7H2,1H3,(H2,17,23,24). The zero-order valence-electron chi connectivity index (χ0n) is 13.7. The third-order valence-electron chi connectivity index (χ3n) is 4.14. The van der Waals surface area contributed by atoms with Gasteiger partial charge in [-0.15, -0.1) is 0 Å². The molecule has 0 unspecified atom stereocenters. The summed E-state index contributed by atoms with van der Waals surface area (Å²) in [6, 6.07) is 8.42. The van der Waals surface area contributed by atoms with Crippen LogP contribution in [-0.2, 0) is 16.4 Å². The normalized spacial score (nSPS) is 13.4. The van der Waals surface area contributed by atoms with E-state index in [2.05, 4.69) is 0 Å². The fourth-order valence-electron chi connectivity index (χ4n) is 2.91. The van der Waals surface area contributed by atoms with Crippen LogP contribution in [0.4, 0.5) is 11.4 Å². The van der Waals surface area contributed by atoms with Gasteiger partial charge >= 0.3 is 0 Å². The Bertz CT molecular complexity index is 1020. The van der Waals surface area contributed by atoms with Crippen molar-refractivity contribution in [3.8, 4) is 5.75 Å². The molecule has 0 fully saturated rings. The summed E-state index contributed by atoms with van der Waals surface area (Å²) >= 11 is 0. The van der Waals surface area contributed by atoms with Gasteiger partial charge in [0.2, 0.25) is 10.0 Å². The van der Waals surface area contributed by atoms with Crippen LogP contribution in [0.5, 0.6) is 5.75 Å². The summed E-state index contributed by atoms with van der Waals surface area (Å²) in [6.07, 6.45) is 0.621. The van der Waals surface area contributed by atoms with Crippen LogP contribution in [0.1, 0.15) is 15.9 Å². The van der Waals surface area contributed by atoms with Crippen LogP contribution < -0.4 is 14.8 Å². The molecule has 2 aromatic rings. The Balaban J connectivity index is 2.00. The molecule has 0 radical (unpaired) electrons. The molecule has 1 aliphatic heterocycles. The summed E-state index contributed by atoms with van der Waals surface area (Å²) in [7, 11) is -2.73. The van der Waals surface area contributed by atoms with Crippen LogP contribution in [0.15, 0.2) is 41.3 Å². The summed E-state index contributed by atoms with van der Waals surface area (Å²) in [6.45, 7) is 0.409. The molecule has 1 heterocycles. The van der Waals surface area contributed by atoms with Crippen LogP contribution in [0.3, 0.4) is 0 Å². The molecule has 0 saturated heterocycles. The van der Waals surface area contributed by atoms with E-state index >= 15 is 0 Å². The lowest BCUT2D eigenvalue weighted by molar-refractivity contribution is -0.387. The van der Waals surface area contributed by atoms with Gasteiger partial charge in [-0.3, -0.25) is 14.9 Å². The van der Waals surface area contributed by atoms with Crippen molar-refractivity contribution in [2.24, 2.45) is 5.14 Å². The number of amides is 1. The highest BCUT2D eigenvalue weighted by molar-refractivity contribution is 7.89. The van der Waals surface area contributed by atoms with E-state index in [1.807, 2.05) is 6.07 Å². The number of carbonyl (C=O) groups excluding carboxylic acids is 1. The van der Waals surface area contributed by atoms with Crippen LogP contribution in [0.25, 0.3) is 0 Å². The Labute approximate surface area is 149 Å². The number of nitro benzene ring substituents is 1. The highest BCUT2D eigenvalue weighted by atomic mass is 32.2. The summed E-state index contributed by atoms with van der Waals surface area (Å²) in [5.41, 5.74) is 0.891. The topological polar surface area (TPSA) is 133 Å². The van der Waals surface area contributed by atoms with Crippen molar-refractivity contribution in [2.45, 2.75) is 11.3 Å². The van der Waals surface area contributed by atoms with Crippen LogP contribution in [0, 0.1) is 10.1 Å². The largest absolute Gasteiger partial charge is 0.497 e. The van der Waals surface area contributed by atoms with Gasteiger partial charge in [0, 0.05) is 23.9 Å². The summed E-state index contributed by atoms with van der Waals surface area (Å²) in [5.74, 6) is 0.212. The van der Waals surface area contributed by atoms with Crippen LogP contribution in [0.2, 0.25) is 0 Å². The first-order valence-corrected chi connectivity index (χ1v) is 9.07. The maximum absolute atomic E-state index is 12.8. The molecule has 0 spiro atoms. The molecule has 0 bridgehead atoms. The number of anilines is 1. The van der Waals surface area contributed by atoms with Crippen molar-refractivity contribution >= 4 is 27.3 Å². The van der Waals surface area contributed by atoms with Crippen molar-refractivity contribution in [1.29, 1.82) is 0 Å². The van der Waals surface area contributed by atoms with Crippen molar-refractivity contribution in [1.82, 2.24) is 0 Å². The molecule has 0 aliphatic carbocycles. The second-order valence-corrected chi connectivity index (χ2v) is 7.22. The summed E-state index contributed by atoms with van der Waals surface area (Å²) in [4.78, 5) is 24.0. The van der Waals surface area contributed by atoms with E-state index in [1.54, 1.807) is 19.2 Å². The lowest BCUT2D eigenvalue weighted by Gasteiger charge is -2.17. The number of primary sulfonamides is 1. The van der Waals surface area contributed by atoms with Gasteiger partial charge in [-0.2, -0.15) is 0 Å². The zero-order chi connectivity index (χ0) is 19.1. The monoisotopic (exact) mass is 377 g/mol. The van der Waals surface area contributed by atoms with E-state index in [0.29, 0.717) is 24.4 Å². The molecule has 2 N–H and O–H groups in total. The number of carbonyl (C=O) groups is 1. The molecule has 1 aliphatic rings. The van der Waals surface area contributed by atoms with E-state index in [0.717, 1.165) is 17.7 Å². The van der Waals surface area contributed by atoms with Crippen LogP contribution >= 0.6 is 0 Å². The maximum atomic E-state index is 12.8. The van der Waals surface area contributed by atoms with Gasteiger partial charge in [-0.05, 0) is 42.3 Å². The molecule has 9 nitrogen and oxygen atoms in total. The minimum absolute atomic E-state index is 0.00719. The third-order valence-corrected chi connectivity index (χ3v) is 5.09. The molecule has 26 heavy (non-hydrogen) atoms. The second-order valence-electron chi connectivity index (χ2n) is 5.69. The van der Waals surface area contributed by atoms with Crippen molar-refractivity contribution < 1.29 is 22.9 Å². The molecule has 10 heteroatoms. The van der Waals surface area contributed by atoms with Crippen molar-refractivity contribution in [3.63, 3.8) is 0 Å². The number of sulfonamides is 1. The first-order chi connectivity index (χ1) is 12.2. The number of hydrogen-bond acceptors (Lipinski definition) is 6. The van der Waals surface area contributed by atoms with Gasteiger partial charge in [0.1, 0.15) is 5.75 Å². The SMILES string of the molecule is COc1ccc2c(c1)CCN2C(=O)c1ccc(S(N)(=O)=O)c([N+](=O)[O-])c1. The predicted octanol–water partition coefficient (Wildman–Crippen LogP) is 1.45. The first-order valence-electron chi connectivity index (χ1n) is 7.52. The maximum Gasteiger partial charge on any atom is 0.290 e. The number of benzene rings is 2. The number of hydrogen-bond donors (Lipinski definition) is 1. The Morgan fingerprint density at radius 2 is 2.00 bits per heavy atom. The van der Waals surface area contributed by atoms with Crippen LogP contribution in [-0.4, -0.2) is 32.9 Å². The first kappa shape index (κ1) is 17.8. The van der Waals surface area contributed by atoms with E-state index in [4.69, 9.17) is 9.88 Å². The minimum atomic E-state index is -4.28. The Morgan fingerprint density at radius 3 is 2.62 bits per heavy atom. The number of fused-ring (bicyclic) bond motifs is 1. The molecule has 3 rings (SSSR count). The summed E-state index contributed by atoms with van der Waals surface area (Å²) in [5, 5.41) is 16.2. The zero-order valence-corrected chi connectivity index (χ0v) is 14.5. The molecule has 0 aromatic heterocycles. The Kier molecular flexibility index (Phi) is 4.38. The fourth-order valence-corrected chi connectivity index (χ4v) is 3.59. The van der Waals surface area contributed by atoms with Gasteiger partial charge < -0.3 is 9.64 Å². The lowest BCUT2D eigenvalue weighted by Crippen LogP contribution is -2.29. The van der Waals surface area contributed by atoms with Gasteiger partial charge in [0.15, 0.2) is 4.90 Å². The third kappa shape index (κ3) is 3.11. The second kappa shape index (κ2) is 6.39. The molecule has 0 saturated carbocycles. The molecular weight excluding hydrogens is 362 g/mol. The average molecular weight is 377 g/mol. The Morgan fingerprint density at radius 1 is 1.27 bits per heavy atom. The summed E-state index contributed by atoms with van der Waals surface area (Å²) < 4.78 is 28.1. The Hall–Kier alpha value is -2.98. The number of nitrogens with two attached hydrogens (primary N) is 1. The molecule has 2 aromatic carbocycles. The van der Waals surface area contributed by atoms with Gasteiger partial charge in [0.05, 0.1) is 12.0 Å². The van der Waals surface area contributed by atoms with E-state index in [1.165, 1.54) is 11.0 Å². The van der Waals surface area contributed by atoms with Crippen molar-refractivity contribution in [3.05, 3.63) is 57.6 Å². The molecule has 1 amide bonds. The van der Waals surface area contributed by atoms with Gasteiger partial charge in [-0.1, -0.05) is 0 Å². The smallest absolute Gasteiger partial charge is 0.290 e. The molecule has 0 atom stereocenters. The predicted molar refractivity (Wildman–Crippen MR) is 92.8 cm³/mol. The van der Waals surface area contributed by atoms with Crippen molar-refractivity contribution in [2.75, 3.05) is 18.6 Å². The van der Waals surface area contributed by atoms with E-state index in [9.17, 15) is 23.3 Å². The number of nitro groups is 1. The average Bonchev–Trinajstić information content (AvgIpc) is 3.02. The van der Waals surface area contributed by atoms with E-state index < -0.39 is 31.4 Å². The number of ether oxygens (including phenoxy) is 1. The quantitative estimate of drug-likeness (QED) is 0.633. The minimum Gasteiger partial charge on any atom is -0.497 e. The molecular formula is C16H15N3O6S. The van der Waals surface area contributed by atoms with E-state index in [-0.39, 0.29) is 5.56 Å². The molecule has 136 valence electrons. The lowest BCUT2D eigenvalue weighted by atomic mass is 10.1. The van der Waals surface area contributed by atoms with Gasteiger partial charge in [0.25, 0.3) is 11.6 Å².